The van der Waals surface area contributed by atoms with Gasteiger partial charge in [0.1, 0.15) is 28.7 Å². The Labute approximate surface area is 273 Å². The fraction of sp³-hybridized carbons (Fsp3) is 0.447. The van der Waals surface area contributed by atoms with Gasteiger partial charge in [-0.2, -0.15) is 0 Å². The van der Waals surface area contributed by atoms with E-state index in [1.165, 1.54) is 6.42 Å². The molecule has 1 aromatic heterocycles. The van der Waals surface area contributed by atoms with Crippen molar-refractivity contribution in [2.75, 3.05) is 20.3 Å². The Morgan fingerprint density at radius 2 is 1.17 bits per heavy atom. The van der Waals surface area contributed by atoms with E-state index in [-0.39, 0.29) is 11.5 Å². The molecular formula is C38H49N3O5. The summed E-state index contributed by atoms with van der Waals surface area (Å²) in [5, 5.41) is 21.8. The normalized spacial score (nSPS) is 12.5. The molecule has 4 aromatic rings. The molecule has 8 nitrogen and oxygen atoms in total. The summed E-state index contributed by atoms with van der Waals surface area (Å²) in [5.41, 5.74) is 1.77. The minimum atomic E-state index is 0.00885. The van der Waals surface area contributed by atoms with Crippen molar-refractivity contribution in [2.45, 2.75) is 79.1 Å². The zero-order chi connectivity index (χ0) is 32.9. The number of hydrogen-bond acceptors (Lipinski definition) is 8. The number of unbranched alkanes of at least 4 members (excludes halogenated alkanes) is 2. The summed E-state index contributed by atoms with van der Waals surface area (Å²) in [5.74, 6) is 3.89. The monoisotopic (exact) mass is 627 g/mol. The third kappa shape index (κ3) is 9.59. The van der Waals surface area contributed by atoms with Crippen LogP contribution in [0, 0.1) is 11.8 Å². The van der Waals surface area contributed by atoms with Crippen molar-refractivity contribution in [3.8, 4) is 62.9 Å². The van der Waals surface area contributed by atoms with Crippen LogP contribution in [0.15, 0.2) is 60.7 Å². The summed E-state index contributed by atoms with van der Waals surface area (Å²) in [6.07, 6.45) is 8.94. The molecule has 0 radical (unpaired) electrons. The SMILES string of the molecule is CCCC[C@@H](CC)COc1ccc(-c2nc(-c3ccc(OC)cc3)nc(-c3cc(O)cc(OC[C@@H](CC)CCCC)c3)n2)c(O)c1. The molecule has 46 heavy (non-hydrogen) atoms. The van der Waals surface area contributed by atoms with Crippen molar-refractivity contribution >= 4 is 0 Å². The van der Waals surface area contributed by atoms with Crippen LogP contribution in [0.3, 0.4) is 0 Å². The molecule has 3 aromatic carbocycles. The molecule has 0 aliphatic rings. The lowest BCUT2D eigenvalue weighted by Gasteiger charge is -2.17. The number of aromatic hydroxyl groups is 2. The first-order valence-electron chi connectivity index (χ1n) is 16.7. The number of phenols is 2. The highest BCUT2D eigenvalue weighted by molar-refractivity contribution is 5.71. The van der Waals surface area contributed by atoms with E-state index in [0.29, 0.717) is 70.9 Å². The molecule has 0 amide bonds. The van der Waals surface area contributed by atoms with E-state index in [1.807, 2.05) is 36.4 Å². The number of hydrogen-bond donors (Lipinski definition) is 2. The second-order valence-corrected chi connectivity index (χ2v) is 11.9. The van der Waals surface area contributed by atoms with E-state index in [0.717, 1.165) is 50.5 Å². The minimum absolute atomic E-state index is 0.00885. The van der Waals surface area contributed by atoms with E-state index in [4.69, 9.17) is 29.2 Å². The quantitative estimate of drug-likeness (QED) is 0.112. The standard InChI is InChI=1S/C38H49N3O5/c1-6-10-12-26(8-3)24-45-32-18-19-34(35(43)23-32)38-40-36(28-14-16-31(44-5)17-15-28)39-37(41-38)29-20-30(42)22-33(21-29)46-25-27(9-4)13-11-7-2/h14-23,26-27,42-43H,6-13,24-25H2,1-5H3/t26-,27+/m1/s1. The summed E-state index contributed by atoms with van der Waals surface area (Å²) in [7, 11) is 1.62. The van der Waals surface area contributed by atoms with Gasteiger partial charge in [0.2, 0.25) is 0 Å². The summed E-state index contributed by atoms with van der Waals surface area (Å²) >= 11 is 0. The summed E-state index contributed by atoms with van der Waals surface area (Å²) in [6.45, 7) is 9.91. The lowest BCUT2D eigenvalue weighted by atomic mass is 10.0. The van der Waals surface area contributed by atoms with Crippen molar-refractivity contribution in [1.29, 1.82) is 0 Å². The van der Waals surface area contributed by atoms with Gasteiger partial charge in [0.15, 0.2) is 17.5 Å². The molecule has 8 heteroatoms. The zero-order valence-electron chi connectivity index (χ0n) is 28.0. The highest BCUT2D eigenvalue weighted by Crippen LogP contribution is 2.35. The van der Waals surface area contributed by atoms with Gasteiger partial charge in [-0.25, -0.2) is 15.0 Å². The Morgan fingerprint density at radius 3 is 1.74 bits per heavy atom. The van der Waals surface area contributed by atoms with Crippen molar-refractivity contribution in [1.82, 2.24) is 15.0 Å². The summed E-state index contributed by atoms with van der Waals surface area (Å²) in [6, 6.07) is 17.7. The molecule has 0 fully saturated rings. The second-order valence-electron chi connectivity index (χ2n) is 11.9. The smallest absolute Gasteiger partial charge is 0.167 e. The van der Waals surface area contributed by atoms with Crippen molar-refractivity contribution < 1.29 is 24.4 Å². The lowest BCUT2D eigenvalue weighted by molar-refractivity contribution is 0.232. The largest absolute Gasteiger partial charge is 0.508 e. The average Bonchev–Trinajstić information content (AvgIpc) is 3.08. The molecule has 2 N–H and O–H groups in total. The first-order chi connectivity index (χ1) is 22.4. The molecule has 0 aliphatic heterocycles. The van der Waals surface area contributed by atoms with Gasteiger partial charge in [-0.1, -0.05) is 66.2 Å². The van der Waals surface area contributed by atoms with E-state index in [1.54, 1.807) is 31.4 Å². The zero-order valence-corrected chi connectivity index (χ0v) is 28.0. The Balaban J connectivity index is 1.69. The van der Waals surface area contributed by atoms with Crippen LogP contribution in [0.2, 0.25) is 0 Å². The molecular weight excluding hydrogens is 578 g/mol. The number of benzene rings is 3. The van der Waals surface area contributed by atoms with Crippen LogP contribution in [0.25, 0.3) is 34.2 Å². The Kier molecular flexibility index (Phi) is 13.1. The number of nitrogens with zero attached hydrogens (tertiary/aromatic N) is 3. The van der Waals surface area contributed by atoms with Gasteiger partial charge in [-0.3, -0.25) is 0 Å². The summed E-state index contributed by atoms with van der Waals surface area (Å²) < 4.78 is 17.6. The predicted octanol–water partition coefficient (Wildman–Crippen LogP) is 9.48. The Hall–Kier alpha value is -4.33. The Morgan fingerprint density at radius 1 is 0.609 bits per heavy atom. The van der Waals surface area contributed by atoms with Gasteiger partial charge in [0.25, 0.3) is 0 Å². The van der Waals surface area contributed by atoms with Crippen LogP contribution < -0.4 is 14.2 Å². The van der Waals surface area contributed by atoms with Gasteiger partial charge in [-0.05, 0) is 73.2 Å². The molecule has 0 unspecified atom stereocenters. The minimum Gasteiger partial charge on any atom is -0.508 e. The van der Waals surface area contributed by atoms with Crippen LogP contribution in [-0.4, -0.2) is 45.5 Å². The number of ether oxygens (including phenoxy) is 3. The molecule has 0 saturated carbocycles. The third-order valence-electron chi connectivity index (χ3n) is 8.40. The van der Waals surface area contributed by atoms with E-state index >= 15 is 0 Å². The van der Waals surface area contributed by atoms with Gasteiger partial charge >= 0.3 is 0 Å². The third-order valence-corrected chi connectivity index (χ3v) is 8.40. The lowest BCUT2D eigenvalue weighted by Crippen LogP contribution is -2.11. The van der Waals surface area contributed by atoms with Crippen LogP contribution in [-0.2, 0) is 0 Å². The summed E-state index contributed by atoms with van der Waals surface area (Å²) in [4.78, 5) is 14.3. The van der Waals surface area contributed by atoms with E-state index in [9.17, 15) is 10.2 Å². The molecule has 4 rings (SSSR count). The number of phenolic OH excluding ortho intramolecular Hbond substituents is 2. The number of aromatic nitrogens is 3. The molecule has 0 spiro atoms. The highest BCUT2D eigenvalue weighted by atomic mass is 16.5. The number of methoxy groups -OCH3 is 1. The molecule has 0 bridgehead atoms. The van der Waals surface area contributed by atoms with E-state index < -0.39 is 0 Å². The van der Waals surface area contributed by atoms with Crippen LogP contribution in [0.1, 0.15) is 79.1 Å². The van der Waals surface area contributed by atoms with Crippen LogP contribution in [0.4, 0.5) is 0 Å². The Bertz CT molecular complexity index is 1530. The fourth-order valence-corrected chi connectivity index (χ4v) is 5.31. The van der Waals surface area contributed by atoms with Crippen molar-refractivity contribution in [2.24, 2.45) is 11.8 Å². The van der Waals surface area contributed by atoms with Gasteiger partial charge in [0.05, 0.1) is 25.9 Å². The molecule has 0 aliphatic carbocycles. The van der Waals surface area contributed by atoms with Gasteiger partial charge < -0.3 is 24.4 Å². The van der Waals surface area contributed by atoms with Crippen molar-refractivity contribution in [3.63, 3.8) is 0 Å². The van der Waals surface area contributed by atoms with E-state index in [2.05, 4.69) is 27.7 Å². The average molecular weight is 628 g/mol. The maximum Gasteiger partial charge on any atom is 0.167 e. The maximum atomic E-state index is 11.1. The van der Waals surface area contributed by atoms with Crippen LogP contribution >= 0.6 is 0 Å². The molecule has 246 valence electrons. The molecule has 0 saturated heterocycles. The first-order valence-corrected chi connectivity index (χ1v) is 16.7. The predicted molar refractivity (Wildman–Crippen MR) is 184 cm³/mol. The fourth-order valence-electron chi connectivity index (χ4n) is 5.31. The topological polar surface area (TPSA) is 107 Å². The first kappa shape index (κ1) is 34.5. The molecule has 1 heterocycles. The van der Waals surface area contributed by atoms with Gasteiger partial charge in [0, 0.05) is 23.3 Å². The molecule has 2 atom stereocenters. The maximum absolute atomic E-state index is 11.1. The van der Waals surface area contributed by atoms with Crippen molar-refractivity contribution in [3.05, 3.63) is 60.7 Å². The highest BCUT2D eigenvalue weighted by Gasteiger charge is 2.18. The second kappa shape index (κ2) is 17.4. The number of rotatable bonds is 18. The van der Waals surface area contributed by atoms with Gasteiger partial charge in [-0.15, -0.1) is 0 Å². The van der Waals surface area contributed by atoms with Crippen LogP contribution in [0.5, 0.6) is 28.7 Å².